The van der Waals surface area contributed by atoms with Crippen molar-refractivity contribution in [3.8, 4) is 0 Å². The van der Waals surface area contributed by atoms with Crippen LogP contribution in [0.25, 0.3) is 0 Å². The zero-order chi connectivity index (χ0) is 15.2. The third kappa shape index (κ3) is 5.41. The molecule has 0 radical (unpaired) electrons. The lowest BCUT2D eigenvalue weighted by Crippen LogP contribution is -2.29. The molecular weight excluding hydrogens is 288 g/mol. The lowest BCUT2D eigenvalue weighted by molar-refractivity contribution is -0.131. The van der Waals surface area contributed by atoms with E-state index in [2.05, 4.69) is 22.4 Å². The Morgan fingerprint density at radius 1 is 1.33 bits per heavy atom. The van der Waals surface area contributed by atoms with Gasteiger partial charge in [0.1, 0.15) is 5.01 Å². The summed E-state index contributed by atoms with van der Waals surface area (Å²) in [5.74, 6) is 0.523. The quantitative estimate of drug-likeness (QED) is 0.797. The largest absolute Gasteiger partial charge is 0.345 e. The summed E-state index contributed by atoms with van der Waals surface area (Å²) in [5, 5.41) is 12.1. The molecule has 1 aromatic rings. The lowest BCUT2D eigenvalue weighted by atomic mass is 10.2. The van der Waals surface area contributed by atoms with Crippen LogP contribution in [0.4, 0.5) is 5.13 Å². The van der Waals surface area contributed by atoms with E-state index in [0.717, 1.165) is 24.4 Å². The Bertz CT molecular complexity index is 499. The molecule has 7 heteroatoms. The summed E-state index contributed by atoms with van der Waals surface area (Å²) in [4.78, 5) is 25.4. The van der Waals surface area contributed by atoms with Gasteiger partial charge in [-0.15, -0.1) is 10.2 Å². The van der Waals surface area contributed by atoms with Crippen molar-refractivity contribution < 1.29 is 9.59 Å². The van der Waals surface area contributed by atoms with Crippen LogP contribution in [0.1, 0.15) is 44.0 Å². The highest BCUT2D eigenvalue weighted by Crippen LogP contribution is 2.29. The van der Waals surface area contributed by atoms with Gasteiger partial charge in [-0.1, -0.05) is 18.3 Å². The molecule has 0 bridgehead atoms. The average Bonchev–Trinajstić information content (AvgIpc) is 3.16. The van der Waals surface area contributed by atoms with Crippen molar-refractivity contribution in [1.82, 2.24) is 15.1 Å². The molecule has 0 spiro atoms. The minimum atomic E-state index is -0.178. The molecule has 0 unspecified atom stereocenters. The van der Waals surface area contributed by atoms with Crippen LogP contribution in [0, 0.1) is 5.92 Å². The van der Waals surface area contributed by atoms with Gasteiger partial charge >= 0.3 is 0 Å². The molecule has 21 heavy (non-hydrogen) atoms. The number of anilines is 1. The van der Waals surface area contributed by atoms with E-state index < -0.39 is 0 Å². The SMILES string of the molecule is CCCc1nnc(NC(=O)CCC(=O)N(C)CC2CC2)s1. The highest BCUT2D eigenvalue weighted by molar-refractivity contribution is 7.15. The number of amides is 2. The number of hydrogen-bond acceptors (Lipinski definition) is 5. The molecule has 1 saturated carbocycles. The van der Waals surface area contributed by atoms with E-state index in [9.17, 15) is 9.59 Å². The molecule has 6 nitrogen and oxygen atoms in total. The highest BCUT2D eigenvalue weighted by atomic mass is 32.1. The monoisotopic (exact) mass is 310 g/mol. The van der Waals surface area contributed by atoms with Crippen molar-refractivity contribution in [2.24, 2.45) is 5.92 Å². The molecule has 1 aromatic heterocycles. The van der Waals surface area contributed by atoms with Crippen LogP contribution in [0.15, 0.2) is 0 Å². The smallest absolute Gasteiger partial charge is 0.226 e. The maximum atomic E-state index is 11.9. The zero-order valence-electron chi connectivity index (χ0n) is 12.6. The van der Waals surface area contributed by atoms with Gasteiger partial charge in [0, 0.05) is 32.9 Å². The van der Waals surface area contributed by atoms with Crippen LogP contribution in [0.3, 0.4) is 0 Å². The fourth-order valence-corrected chi connectivity index (χ4v) is 2.86. The number of aromatic nitrogens is 2. The molecule has 1 fully saturated rings. The minimum Gasteiger partial charge on any atom is -0.345 e. The van der Waals surface area contributed by atoms with Crippen molar-refractivity contribution in [3.63, 3.8) is 0 Å². The van der Waals surface area contributed by atoms with Crippen molar-refractivity contribution >= 4 is 28.3 Å². The van der Waals surface area contributed by atoms with Crippen LogP contribution in [0.5, 0.6) is 0 Å². The second-order valence-corrected chi connectivity index (χ2v) is 6.58. The van der Waals surface area contributed by atoms with Gasteiger partial charge in [-0.3, -0.25) is 9.59 Å². The summed E-state index contributed by atoms with van der Waals surface area (Å²) in [6.45, 7) is 2.89. The normalized spacial score (nSPS) is 14.0. The Hall–Kier alpha value is -1.50. The summed E-state index contributed by atoms with van der Waals surface area (Å²) in [6.07, 6.45) is 4.75. The number of rotatable bonds is 8. The van der Waals surface area contributed by atoms with Gasteiger partial charge in [0.25, 0.3) is 0 Å². The van der Waals surface area contributed by atoms with E-state index in [4.69, 9.17) is 0 Å². The first kappa shape index (κ1) is 15.9. The average molecular weight is 310 g/mol. The number of carbonyl (C=O) groups excluding carboxylic acids is 2. The topological polar surface area (TPSA) is 75.2 Å². The number of hydrogen-bond donors (Lipinski definition) is 1. The first-order chi connectivity index (χ1) is 10.1. The lowest BCUT2D eigenvalue weighted by Gasteiger charge is -2.16. The molecule has 116 valence electrons. The van der Waals surface area contributed by atoms with E-state index in [0.29, 0.717) is 11.0 Å². The van der Waals surface area contributed by atoms with Crippen LogP contribution in [-0.4, -0.2) is 40.5 Å². The highest BCUT2D eigenvalue weighted by Gasteiger charge is 2.24. The molecular formula is C14H22N4O2S. The molecule has 0 saturated heterocycles. The second-order valence-electron chi connectivity index (χ2n) is 5.52. The molecule has 1 heterocycles. The summed E-state index contributed by atoms with van der Waals surface area (Å²) in [5.41, 5.74) is 0. The predicted molar refractivity (Wildman–Crippen MR) is 82.1 cm³/mol. The van der Waals surface area contributed by atoms with Crippen LogP contribution >= 0.6 is 11.3 Å². The maximum Gasteiger partial charge on any atom is 0.226 e. The minimum absolute atomic E-state index is 0.0287. The first-order valence-electron chi connectivity index (χ1n) is 7.44. The van der Waals surface area contributed by atoms with Crippen molar-refractivity contribution in [1.29, 1.82) is 0 Å². The molecule has 0 atom stereocenters. The molecule has 1 aliphatic rings. The molecule has 2 rings (SSSR count). The van der Waals surface area contributed by atoms with Crippen molar-refractivity contribution in [2.75, 3.05) is 18.9 Å². The van der Waals surface area contributed by atoms with Gasteiger partial charge in [-0.2, -0.15) is 0 Å². The van der Waals surface area contributed by atoms with Gasteiger partial charge < -0.3 is 10.2 Å². The van der Waals surface area contributed by atoms with E-state index in [1.54, 1.807) is 11.9 Å². The number of nitrogens with one attached hydrogen (secondary N) is 1. The maximum absolute atomic E-state index is 11.9. The third-order valence-corrected chi connectivity index (χ3v) is 4.30. The summed E-state index contributed by atoms with van der Waals surface area (Å²) in [6, 6.07) is 0. The van der Waals surface area contributed by atoms with Crippen molar-refractivity contribution in [3.05, 3.63) is 5.01 Å². The Morgan fingerprint density at radius 2 is 2.10 bits per heavy atom. The Kier molecular flexibility index (Phi) is 5.67. The van der Waals surface area contributed by atoms with E-state index in [1.807, 2.05) is 0 Å². The molecule has 1 N–H and O–H groups in total. The fraction of sp³-hybridized carbons (Fsp3) is 0.714. The molecule has 0 aliphatic heterocycles. The Balaban J connectivity index is 1.69. The number of nitrogens with zero attached hydrogens (tertiary/aromatic N) is 3. The van der Waals surface area contributed by atoms with Crippen LogP contribution in [0.2, 0.25) is 0 Å². The van der Waals surface area contributed by atoms with Gasteiger partial charge in [-0.05, 0) is 25.2 Å². The Morgan fingerprint density at radius 3 is 2.76 bits per heavy atom. The van der Waals surface area contributed by atoms with Crippen LogP contribution < -0.4 is 5.32 Å². The Labute approximate surface area is 128 Å². The fourth-order valence-electron chi connectivity index (χ4n) is 2.00. The van der Waals surface area contributed by atoms with Gasteiger partial charge in [0.2, 0.25) is 16.9 Å². The number of aryl methyl sites for hydroxylation is 1. The predicted octanol–water partition coefficient (Wildman–Crippen LogP) is 2.08. The second kappa shape index (κ2) is 7.49. The van der Waals surface area contributed by atoms with Gasteiger partial charge in [-0.25, -0.2) is 0 Å². The summed E-state index contributed by atoms with van der Waals surface area (Å²) >= 11 is 1.39. The van der Waals surface area contributed by atoms with Gasteiger partial charge in [0.05, 0.1) is 0 Å². The standard InChI is InChI=1S/C14H22N4O2S/c1-3-4-12-16-17-14(21-12)15-11(19)7-8-13(20)18(2)9-10-5-6-10/h10H,3-9H2,1-2H3,(H,15,17,19). The van der Waals surface area contributed by atoms with E-state index in [-0.39, 0.29) is 24.7 Å². The molecule has 1 aliphatic carbocycles. The molecule has 2 amide bonds. The van der Waals surface area contributed by atoms with Crippen LogP contribution in [-0.2, 0) is 16.0 Å². The van der Waals surface area contributed by atoms with Crippen molar-refractivity contribution in [2.45, 2.75) is 45.4 Å². The summed E-state index contributed by atoms with van der Waals surface area (Å²) in [7, 11) is 1.81. The van der Waals surface area contributed by atoms with E-state index >= 15 is 0 Å². The first-order valence-corrected chi connectivity index (χ1v) is 8.26. The molecule has 0 aromatic carbocycles. The van der Waals surface area contributed by atoms with E-state index in [1.165, 1.54) is 24.2 Å². The number of carbonyl (C=O) groups is 2. The zero-order valence-corrected chi connectivity index (χ0v) is 13.4. The third-order valence-electron chi connectivity index (χ3n) is 3.40. The summed E-state index contributed by atoms with van der Waals surface area (Å²) < 4.78 is 0. The van der Waals surface area contributed by atoms with Gasteiger partial charge in [0.15, 0.2) is 0 Å².